The van der Waals surface area contributed by atoms with Gasteiger partial charge in [-0.05, 0) is 92.4 Å². The second kappa shape index (κ2) is 10.2. The molecule has 4 nitrogen and oxygen atoms in total. The van der Waals surface area contributed by atoms with E-state index < -0.39 is 0 Å². The van der Waals surface area contributed by atoms with Crippen LogP contribution in [0.15, 0.2) is 73.1 Å². The van der Waals surface area contributed by atoms with Crippen molar-refractivity contribution in [2.75, 3.05) is 0 Å². The van der Waals surface area contributed by atoms with Gasteiger partial charge < -0.3 is 0 Å². The Bertz CT molecular complexity index is 2020. The first kappa shape index (κ1) is 31.0. The molecule has 0 amide bonds. The molecule has 2 aromatic carbocycles. The van der Waals surface area contributed by atoms with Crippen molar-refractivity contribution in [3.05, 3.63) is 95.3 Å². The highest BCUT2D eigenvalue weighted by molar-refractivity contribution is 6.10. The SMILES string of the molecule is CC(C)(C)c1cc(-c2nc3c4cccnc4c4cccnc4n3c2-c2cc(C(C)(C)C)cc(C(C)(C)C)c2)cc(C(C)(C)C)c1. The molecule has 0 aliphatic heterocycles. The minimum Gasteiger partial charge on any atom is -0.275 e. The molecular formula is C41H48N4. The van der Waals surface area contributed by atoms with Crippen molar-refractivity contribution < 1.29 is 0 Å². The van der Waals surface area contributed by atoms with Gasteiger partial charge >= 0.3 is 0 Å². The highest BCUT2D eigenvalue weighted by Crippen LogP contribution is 2.43. The highest BCUT2D eigenvalue weighted by Gasteiger charge is 2.28. The molecule has 0 aliphatic carbocycles. The third-order valence-corrected chi connectivity index (χ3v) is 9.06. The summed E-state index contributed by atoms with van der Waals surface area (Å²) in [7, 11) is 0. The summed E-state index contributed by atoms with van der Waals surface area (Å²) in [5.41, 5.74) is 12.1. The molecule has 232 valence electrons. The van der Waals surface area contributed by atoms with Crippen LogP contribution in [0.5, 0.6) is 0 Å². The van der Waals surface area contributed by atoms with Crippen LogP contribution in [0.25, 0.3) is 50.1 Å². The summed E-state index contributed by atoms with van der Waals surface area (Å²) in [5.74, 6) is 0. The summed E-state index contributed by atoms with van der Waals surface area (Å²) in [5, 5.41) is 2.05. The normalized spacial score (nSPS) is 13.3. The average molecular weight is 597 g/mol. The molecule has 4 heterocycles. The fourth-order valence-corrected chi connectivity index (χ4v) is 6.10. The Morgan fingerprint density at radius 1 is 0.489 bits per heavy atom. The minimum absolute atomic E-state index is 0.0221. The quantitative estimate of drug-likeness (QED) is 0.187. The number of aromatic nitrogens is 4. The van der Waals surface area contributed by atoms with Crippen molar-refractivity contribution in [1.82, 2.24) is 19.4 Å². The van der Waals surface area contributed by atoms with Crippen LogP contribution in [-0.2, 0) is 21.7 Å². The van der Waals surface area contributed by atoms with Gasteiger partial charge in [-0.15, -0.1) is 0 Å². The molecule has 0 fully saturated rings. The Balaban J connectivity index is 1.86. The number of nitrogens with zero attached hydrogens (tertiary/aromatic N) is 4. The lowest BCUT2D eigenvalue weighted by molar-refractivity contribution is 0.568. The molecule has 4 aromatic heterocycles. The molecule has 45 heavy (non-hydrogen) atoms. The predicted molar refractivity (Wildman–Crippen MR) is 191 cm³/mol. The van der Waals surface area contributed by atoms with Crippen LogP contribution in [0.2, 0.25) is 0 Å². The molecule has 0 bridgehead atoms. The maximum atomic E-state index is 5.55. The smallest absolute Gasteiger partial charge is 0.149 e. The Morgan fingerprint density at radius 3 is 1.38 bits per heavy atom. The van der Waals surface area contributed by atoms with E-state index in [2.05, 4.69) is 136 Å². The lowest BCUT2D eigenvalue weighted by Gasteiger charge is -2.27. The standard InChI is InChI=1S/C41H48N4/c1-38(2,3)27-19-25(20-28(23-27)39(4,5)6)33-35(26-21-29(40(7,8)9)24-30(22-26)41(10,11)12)45-36-31(15-14-18-43-36)34-32(37(45)44-33)16-13-17-42-34/h13-24H,1-12H3. The Hall–Kier alpha value is -4.05. The van der Waals surface area contributed by atoms with Gasteiger partial charge in [0.05, 0.1) is 16.9 Å². The fraction of sp³-hybridized carbons (Fsp3) is 0.390. The first-order valence-electron chi connectivity index (χ1n) is 16.2. The van der Waals surface area contributed by atoms with E-state index in [9.17, 15) is 0 Å². The molecule has 6 rings (SSSR count). The van der Waals surface area contributed by atoms with E-state index in [0.717, 1.165) is 50.1 Å². The van der Waals surface area contributed by atoms with Crippen LogP contribution in [0.3, 0.4) is 0 Å². The molecule has 0 saturated heterocycles. The topological polar surface area (TPSA) is 43.1 Å². The third-order valence-electron chi connectivity index (χ3n) is 9.06. The number of benzene rings is 2. The number of hydrogen-bond donors (Lipinski definition) is 0. The van der Waals surface area contributed by atoms with Gasteiger partial charge in [-0.1, -0.05) is 95.2 Å². The summed E-state index contributed by atoms with van der Waals surface area (Å²) < 4.78 is 2.30. The van der Waals surface area contributed by atoms with Gasteiger partial charge in [-0.3, -0.25) is 9.38 Å². The van der Waals surface area contributed by atoms with Gasteiger partial charge in [-0.25, -0.2) is 9.97 Å². The van der Waals surface area contributed by atoms with E-state index in [1.807, 2.05) is 24.5 Å². The molecular weight excluding hydrogens is 548 g/mol. The van der Waals surface area contributed by atoms with Crippen molar-refractivity contribution in [3.63, 3.8) is 0 Å². The largest absolute Gasteiger partial charge is 0.275 e. The molecule has 0 N–H and O–H groups in total. The zero-order valence-electron chi connectivity index (χ0n) is 29.2. The van der Waals surface area contributed by atoms with Crippen molar-refractivity contribution >= 4 is 27.6 Å². The number of fused-ring (bicyclic) bond motifs is 6. The minimum atomic E-state index is -0.0286. The molecule has 0 aliphatic rings. The lowest BCUT2D eigenvalue weighted by Crippen LogP contribution is -2.17. The second-order valence-corrected chi connectivity index (χ2v) is 16.8. The van der Waals surface area contributed by atoms with Crippen molar-refractivity contribution in [3.8, 4) is 22.5 Å². The number of imidazole rings is 1. The van der Waals surface area contributed by atoms with Crippen molar-refractivity contribution in [2.45, 2.75) is 105 Å². The van der Waals surface area contributed by atoms with Crippen LogP contribution in [0.4, 0.5) is 0 Å². The highest BCUT2D eigenvalue weighted by atomic mass is 15.1. The maximum Gasteiger partial charge on any atom is 0.149 e. The van der Waals surface area contributed by atoms with Gasteiger partial charge in [0.15, 0.2) is 0 Å². The Labute approximate surface area is 269 Å². The van der Waals surface area contributed by atoms with E-state index in [-0.39, 0.29) is 21.7 Å². The summed E-state index contributed by atoms with van der Waals surface area (Å²) >= 11 is 0. The van der Waals surface area contributed by atoms with Crippen LogP contribution in [0, 0.1) is 0 Å². The van der Waals surface area contributed by atoms with Gasteiger partial charge in [0.2, 0.25) is 0 Å². The van der Waals surface area contributed by atoms with Crippen molar-refractivity contribution in [1.29, 1.82) is 0 Å². The average Bonchev–Trinajstić information content (AvgIpc) is 3.36. The number of hydrogen-bond acceptors (Lipinski definition) is 3. The van der Waals surface area contributed by atoms with E-state index in [1.165, 1.54) is 22.3 Å². The molecule has 6 aromatic rings. The zero-order valence-corrected chi connectivity index (χ0v) is 29.2. The van der Waals surface area contributed by atoms with Crippen molar-refractivity contribution in [2.24, 2.45) is 0 Å². The Kier molecular flexibility index (Phi) is 7.04. The summed E-state index contributed by atoms with van der Waals surface area (Å²) in [6.45, 7) is 27.6. The first-order chi connectivity index (χ1) is 20.8. The van der Waals surface area contributed by atoms with Crippen LogP contribution in [0.1, 0.15) is 105 Å². The van der Waals surface area contributed by atoms with Gasteiger partial charge in [0.1, 0.15) is 11.3 Å². The third kappa shape index (κ3) is 5.54. The molecule has 4 heteroatoms. The summed E-state index contributed by atoms with van der Waals surface area (Å²) in [6.07, 6.45) is 3.74. The van der Waals surface area contributed by atoms with E-state index in [4.69, 9.17) is 15.0 Å². The van der Waals surface area contributed by atoms with Crippen LogP contribution < -0.4 is 0 Å². The van der Waals surface area contributed by atoms with Gasteiger partial charge in [0, 0.05) is 34.3 Å². The summed E-state index contributed by atoms with van der Waals surface area (Å²) in [6, 6.07) is 22.5. The second-order valence-electron chi connectivity index (χ2n) is 16.8. The number of rotatable bonds is 2. The lowest BCUT2D eigenvalue weighted by atomic mass is 9.78. The van der Waals surface area contributed by atoms with E-state index in [0.29, 0.717) is 0 Å². The molecule has 0 saturated carbocycles. The molecule has 0 atom stereocenters. The molecule has 0 radical (unpaired) electrons. The van der Waals surface area contributed by atoms with Gasteiger partial charge in [-0.2, -0.15) is 0 Å². The van der Waals surface area contributed by atoms with E-state index >= 15 is 0 Å². The van der Waals surface area contributed by atoms with Crippen LogP contribution in [-0.4, -0.2) is 19.4 Å². The first-order valence-corrected chi connectivity index (χ1v) is 16.2. The molecule has 0 spiro atoms. The molecule has 0 unspecified atom stereocenters. The summed E-state index contributed by atoms with van der Waals surface area (Å²) in [4.78, 5) is 15.4. The predicted octanol–water partition coefficient (Wildman–Crippen LogP) is 11.0. The Morgan fingerprint density at radius 2 is 0.911 bits per heavy atom. The van der Waals surface area contributed by atoms with Crippen LogP contribution >= 0.6 is 0 Å². The monoisotopic (exact) mass is 596 g/mol. The van der Waals surface area contributed by atoms with Gasteiger partial charge in [0.25, 0.3) is 0 Å². The fourth-order valence-electron chi connectivity index (χ4n) is 6.10. The maximum absolute atomic E-state index is 5.55. The zero-order chi connectivity index (χ0) is 32.7. The number of pyridine rings is 3. The van der Waals surface area contributed by atoms with E-state index in [1.54, 1.807) is 0 Å².